The predicted molar refractivity (Wildman–Crippen MR) is 84.3 cm³/mol. The maximum Gasteiger partial charge on any atom is 0.344 e. The number of aryl methyl sites for hydroxylation is 2. The van der Waals surface area contributed by atoms with E-state index in [2.05, 4.69) is 0 Å². The molecule has 23 heavy (non-hydrogen) atoms. The molecule has 0 unspecified atom stereocenters. The Balaban J connectivity index is 1.81. The van der Waals surface area contributed by atoms with E-state index in [4.69, 9.17) is 9.47 Å². The fourth-order valence-electron chi connectivity index (χ4n) is 2.08. The second kappa shape index (κ2) is 7.40. The Morgan fingerprint density at radius 2 is 1.70 bits per heavy atom. The van der Waals surface area contributed by atoms with Crippen molar-refractivity contribution in [3.63, 3.8) is 0 Å². The number of rotatable bonds is 6. The van der Waals surface area contributed by atoms with Crippen LogP contribution in [0.5, 0.6) is 5.75 Å². The molecule has 0 N–H and O–H groups in total. The van der Waals surface area contributed by atoms with Gasteiger partial charge in [-0.25, -0.2) is 4.79 Å². The zero-order valence-corrected chi connectivity index (χ0v) is 12.9. The molecule has 120 valence electrons. The van der Waals surface area contributed by atoms with Crippen molar-refractivity contribution in [2.45, 2.75) is 20.5 Å². The lowest BCUT2D eigenvalue weighted by Crippen LogP contribution is -2.14. The summed E-state index contributed by atoms with van der Waals surface area (Å²) in [5, 5.41) is 10.5. The number of non-ortho nitro benzene ring substituents is 1. The van der Waals surface area contributed by atoms with Gasteiger partial charge in [-0.05, 0) is 54.8 Å². The van der Waals surface area contributed by atoms with Crippen LogP contribution in [0.2, 0.25) is 0 Å². The van der Waals surface area contributed by atoms with E-state index in [1.54, 1.807) is 12.1 Å². The van der Waals surface area contributed by atoms with E-state index < -0.39 is 10.9 Å². The molecule has 0 aliphatic rings. The minimum absolute atomic E-state index is 0.00164. The van der Waals surface area contributed by atoms with Gasteiger partial charge < -0.3 is 9.47 Å². The van der Waals surface area contributed by atoms with Crippen molar-refractivity contribution in [3.8, 4) is 5.75 Å². The normalized spacial score (nSPS) is 10.2. The summed E-state index contributed by atoms with van der Waals surface area (Å²) < 4.78 is 10.5. The summed E-state index contributed by atoms with van der Waals surface area (Å²) in [5.41, 5.74) is 2.78. The van der Waals surface area contributed by atoms with E-state index >= 15 is 0 Å². The lowest BCUT2D eigenvalue weighted by Gasteiger charge is -2.08. The molecular weight excluding hydrogens is 298 g/mol. The zero-order chi connectivity index (χ0) is 16.8. The van der Waals surface area contributed by atoms with Crippen molar-refractivity contribution in [2.24, 2.45) is 0 Å². The maximum atomic E-state index is 11.7. The van der Waals surface area contributed by atoms with Crippen LogP contribution >= 0.6 is 0 Å². The summed E-state index contributed by atoms with van der Waals surface area (Å²) in [5.74, 6) is 0.122. The number of benzene rings is 2. The van der Waals surface area contributed by atoms with Crippen LogP contribution in [0.4, 0.5) is 5.69 Å². The van der Waals surface area contributed by atoms with Crippen LogP contribution in [0.1, 0.15) is 16.7 Å². The average molecular weight is 315 g/mol. The molecule has 6 heteroatoms. The molecule has 0 heterocycles. The number of esters is 1. The van der Waals surface area contributed by atoms with Gasteiger partial charge in [0.05, 0.1) is 4.92 Å². The van der Waals surface area contributed by atoms with Crippen LogP contribution < -0.4 is 4.74 Å². The lowest BCUT2D eigenvalue weighted by molar-refractivity contribution is -0.384. The monoisotopic (exact) mass is 315 g/mol. The Labute approximate surface area is 133 Å². The van der Waals surface area contributed by atoms with Crippen LogP contribution in [-0.2, 0) is 16.1 Å². The zero-order valence-electron chi connectivity index (χ0n) is 12.9. The van der Waals surface area contributed by atoms with Crippen molar-refractivity contribution >= 4 is 11.7 Å². The molecule has 0 aromatic heterocycles. The molecule has 0 aliphatic carbocycles. The predicted octanol–water partition coefficient (Wildman–Crippen LogP) is 3.33. The molecule has 0 spiro atoms. The van der Waals surface area contributed by atoms with E-state index in [-0.39, 0.29) is 18.9 Å². The quantitative estimate of drug-likeness (QED) is 0.464. The first kappa shape index (κ1) is 16.5. The smallest absolute Gasteiger partial charge is 0.344 e. The number of hydrogen-bond donors (Lipinski definition) is 0. The molecule has 2 aromatic rings. The van der Waals surface area contributed by atoms with E-state index in [0.29, 0.717) is 11.3 Å². The number of ether oxygens (including phenoxy) is 2. The van der Waals surface area contributed by atoms with Crippen molar-refractivity contribution in [2.75, 3.05) is 6.61 Å². The molecule has 0 fully saturated rings. The molecule has 0 saturated carbocycles. The van der Waals surface area contributed by atoms with Gasteiger partial charge in [-0.15, -0.1) is 0 Å². The molecule has 2 aromatic carbocycles. The van der Waals surface area contributed by atoms with E-state index in [0.717, 1.165) is 11.1 Å². The highest BCUT2D eigenvalue weighted by Gasteiger charge is 2.08. The van der Waals surface area contributed by atoms with Crippen molar-refractivity contribution < 1.29 is 19.2 Å². The van der Waals surface area contributed by atoms with Crippen LogP contribution in [0.15, 0.2) is 42.5 Å². The first-order chi connectivity index (χ1) is 10.9. The number of carbonyl (C=O) groups excluding carboxylic acids is 1. The lowest BCUT2D eigenvalue weighted by atomic mass is 10.1. The number of nitrogens with zero attached hydrogens (tertiary/aromatic N) is 1. The fraction of sp³-hybridized carbons (Fsp3) is 0.235. The highest BCUT2D eigenvalue weighted by molar-refractivity contribution is 5.71. The number of hydrogen-bond acceptors (Lipinski definition) is 5. The SMILES string of the molecule is Cc1cc(C)cc(OCC(=O)OCc2ccc([N+](=O)[O-])cc2)c1. The Hall–Kier alpha value is -2.89. The molecule has 0 saturated heterocycles. The van der Waals surface area contributed by atoms with Crippen molar-refractivity contribution in [1.29, 1.82) is 0 Å². The molecule has 0 bridgehead atoms. The summed E-state index contributed by atoms with van der Waals surface area (Å²) in [7, 11) is 0. The van der Waals surface area contributed by atoms with Gasteiger partial charge in [-0.1, -0.05) is 6.07 Å². The fourth-order valence-corrected chi connectivity index (χ4v) is 2.08. The second-order valence-electron chi connectivity index (χ2n) is 5.20. The van der Waals surface area contributed by atoms with E-state index in [9.17, 15) is 14.9 Å². The van der Waals surface area contributed by atoms with Crippen molar-refractivity contribution in [1.82, 2.24) is 0 Å². The first-order valence-corrected chi connectivity index (χ1v) is 7.04. The number of carbonyl (C=O) groups is 1. The summed E-state index contributed by atoms with van der Waals surface area (Å²) >= 11 is 0. The number of nitro benzene ring substituents is 1. The van der Waals surface area contributed by atoms with Gasteiger partial charge in [-0.2, -0.15) is 0 Å². The highest BCUT2D eigenvalue weighted by atomic mass is 16.6. The van der Waals surface area contributed by atoms with E-state index in [1.807, 2.05) is 32.0 Å². The van der Waals surface area contributed by atoms with Crippen molar-refractivity contribution in [3.05, 3.63) is 69.3 Å². The summed E-state index contributed by atoms with van der Waals surface area (Å²) in [4.78, 5) is 21.8. The third-order valence-corrected chi connectivity index (χ3v) is 3.10. The summed E-state index contributed by atoms with van der Waals surface area (Å²) in [6.07, 6.45) is 0. The molecule has 0 radical (unpaired) electrons. The highest BCUT2D eigenvalue weighted by Crippen LogP contribution is 2.16. The summed E-state index contributed by atoms with van der Waals surface area (Å²) in [6, 6.07) is 11.5. The third kappa shape index (κ3) is 5.10. The van der Waals surface area contributed by atoms with Crippen LogP contribution in [0, 0.1) is 24.0 Å². The Bertz CT molecular complexity index is 689. The van der Waals surface area contributed by atoms with Crippen LogP contribution in [-0.4, -0.2) is 17.5 Å². The third-order valence-electron chi connectivity index (χ3n) is 3.10. The molecular formula is C17H17NO5. The first-order valence-electron chi connectivity index (χ1n) is 7.04. The van der Waals surface area contributed by atoms with Gasteiger partial charge in [-0.3, -0.25) is 10.1 Å². The maximum absolute atomic E-state index is 11.7. The molecule has 6 nitrogen and oxygen atoms in total. The van der Waals surface area contributed by atoms with Crippen LogP contribution in [0.3, 0.4) is 0 Å². The molecule has 0 aliphatic heterocycles. The average Bonchev–Trinajstić information content (AvgIpc) is 2.50. The second-order valence-corrected chi connectivity index (χ2v) is 5.20. The molecule has 0 amide bonds. The molecule has 2 rings (SSSR count). The topological polar surface area (TPSA) is 78.7 Å². The largest absolute Gasteiger partial charge is 0.482 e. The van der Waals surface area contributed by atoms with Gasteiger partial charge in [0.15, 0.2) is 6.61 Å². The standard InChI is InChI=1S/C17H17NO5/c1-12-7-13(2)9-16(8-12)22-11-17(19)23-10-14-3-5-15(6-4-14)18(20)21/h3-9H,10-11H2,1-2H3. The van der Waals surface area contributed by atoms with Crippen LogP contribution in [0.25, 0.3) is 0 Å². The Morgan fingerprint density at radius 1 is 1.09 bits per heavy atom. The number of nitro groups is 1. The van der Waals surface area contributed by atoms with Gasteiger partial charge >= 0.3 is 5.97 Å². The summed E-state index contributed by atoms with van der Waals surface area (Å²) in [6.45, 7) is 3.77. The van der Waals surface area contributed by atoms with Gasteiger partial charge in [0.25, 0.3) is 5.69 Å². The minimum Gasteiger partial charge on any atom is -0.482 e. The van der Waals surface area contributed by atoms with E-state index in [1.165, 1.54) is 12.1 Å². The minimum atomic E-state index is -0.498. The van der Waals surface area contributed by atoms with Gasteiger partial charge in [0, 0.05) is 12.1 Å². The van der Waals surface area contributed by atoms with Gasteiger partial charge in [0.2, 0.25) is 0 Å². The Morgan fingerprint density at radius 3 is 2.26 bits per heavy atom. The Kier molecular flexibility index (Phi) is 5.30. The molecule has 0 atom stereocenters. The van der Waals surface area contributed by atoms with Gasteiger partial charge in [0.1, 0.15) is 12.4 Å².